The first kappa shape index (κ1) is 16.7. The summed E-state index contributed by atoms with van der Waals surface area (Å²) in [5, 5.41) is 1.32. The fourth-order valence-electron chi connectivity index (χ4n) is 2.39. The van der Waals surface area contributed by atoms with Gasteiger partial charge in [0.25, 0.3) is 0 Å². The number of hydrogen-bond acceptors (Lipinski definition) is 3. The van der Waals surface area contributed by atoms with E-state index in [1.807, 2.05) is 13.0 Å². The monoisotopic (exact) mass is 292 g/mol. The largest absolute Gasteiger partial charge is 0.463 e. The second kappa shape index (κ2) is 8.71. The van der Waals surface area contributed by atoms with Crippen LogP contribution in [0.1, 0.15) is 20.3 Å². The molecule has 1 unspecified atom stereocenters. The molecule has 0 aliphatic heterocycles. The molecular formula is C16H24O3Si. The molecule has 1 atom stereocenters. The van der Waals surface area contributed by atoms with Gasteiger partial charge in [-0.1, -0.05) is 43.8 Å². The third-order valence-electron chi connectivity index (χ3n) is 3.43. The third-order valence-corrected chi connectivity index (χ3v) is 7.96. The van der Waals surface area contributed by atoms with E-state index in [1.54, 1.807) is 0 Å². The average molecular weight is 292 g/mol. The molecule has 0 aliphatic carbocycles. The van der Waals surface area contributed by atoms with Gasteiger partial charge < -0.3 is 9.16 Å². The second-order valence-corrected chi connectivity index (χ2v) is 8.68. The maximum atomic E-state index is 11.0. The summed E-state index contributed by atoms with van der Waals surface area (Å²) in [6.45, 7) is 8.77. The lowest BCUT2D eigenvalue weighted by molar-refractivity contribution is -0.137. The van der Waals surface area contributed by atoms with Gasteiger partial charge in [-0.25, -0.2) is 4.79 Å². The van der Waals surface area contributed by atoms with Crippen LogP contribution in [0.3, 0.4) is 0 Å². The van der Waals surface area contributed by atoms with Crippen LogP contribution in [0.5, 0.6) is 0 Å². The van der Waals surface area contributed by atoms with Crippen molar-refractivity contribution in [3.05, 3.63) is 43.0 Å². The number of carbonyl (C=O) groups is 1. The van der Waals surface area contributed by atoms with Gasteiger partial charge in [-0.05, 0) is 30.6 Å². The van der Waals surface area contributed by atoms with Crippen molar-refractivity contribution in [1.82, 2.24) is 0 Å². The highest BCUT2D eigenvalue weighted by atomic mass is 28.4. The van der Waals surface area contributed by atoms with E-state index in [-0.39, 0.29) is 5.97 Å². The SMILES string of the molecule is C=CC(=O)OCCC[Si](CC)(OCC)c1ccccc1. The highest BCUT2D eigenvalue weighted by Crippen LogP contribution is 2.19. The zero-order chi connectivity index (χ0) is 14.8. The number of benzene rings is 1. The fraction of sp³-hybridized carbons (Fsp3) is 0.438. The molecule has 0 aromatic heterocycles. The van der Waals surface area contributed by atoms with Gasteiger partial charge in [0.2, 0.25) is 8.32 Å². The highest BCUT2D eigenvalue weighted by molar-refractivity contribution is 6.86. The molecule has 0 heterocycles. The van der Waals surface area contributed by atoms with Gasteiger partial charge in [0.1, 0.15) is 0 Å². The molecule has 110 valence electrons. The van der Waals surface area contributed by atoms with E-state index >= 15 is 0 Å². The van der Waals surface area contributed by atoms with Crippen LogP contribution < -0.4 is 5.19 Å². The molecule has 0 N–H and O–H groups in total. The van der Waals surface area contributed by atoms with Crippen LogP contribution in [-0.2, 0) is 14.0 Å². The van der Waals surface area contributed by atoms with E-state index in [0.29, 0.717) is 6.61 Å². The van der Waals surface area contributed by atoms with Crippen LogP contribution in [0.4, 0.5) is 0 Å². The summed E-state index contributed by atoms with van der Waals surface area (Å²) in [6, 6.07) is 12.4. The van der Waals surface area contributed by atoms with Gasteiger partial charge in [-0.2, -0.15) is 0 Å². The summed E-state index contributed by atoms with van der Waals surface area (Å²) >= 11 is 0. The van der Waals surface area contributed by atoms with Crippen molar-refractivity contribution in [2.24, 2.45) is 0 Å². The molecule has 0 radical (unpaired) electrons. The molecule has 0 saturated carbocycles. The van der Waals surface area contributed by atoms with Gasteiger partial charge >= 0.3 is 5.97 Å². The Balaban J connectivity index is 2.69. The minimum absolute atomic E-state index is 0.357. The van der Waals surface area contributed by atoms with Crippen molar-refractivity contribution in [2.75, 3.05) is 13.2 Å². The van der Waals surface area contributed by atoms with E-state index in [4.69, 9.17) is 9.16 Å². The van der Waals surface area contributed by atoms with Crippen LogP contribution in [-0.4, -0.2) is 27.5 Å². The predicted molar refractivity (Wildman–Crippen MR) is 84.5 cm³/mol. The molecule has 0 amide bonds. The zero-order valence-electron chi connectivity index (χ0n) is 12.4. The molecule has 1 aromatic carbocycles. The summed E-state index contributed by atoms with van der Waals surface area (Å²) in [5.41, 5.74) is 0. The lowest BCUT2D eigenvalue weighted by Gasteiger charge is -2.30. The summed E-state index contributed by atoms with van der Waals surface area (Å²) in [7, 11) is -1.94. The third kappa shape index (κ3) is 4.61. The normalized spacial score (nSPS) is 13.5. The van der Waals surface area contributed by atoms with Crippen LogP contribution in [0.25, 0.3) is 0 Å². The number of hydrogen-bond donors (Lipinski definition) is 0. The molecular weight excluding hydrogens is 268 g/mol. The molecule has 0 aliphatic rings. The molecule has 1 rings (SSSR count). The van der Waals surface area contributed by atoms with Crippen LogP contribution in [0, 0.1) is 0 Å². The smallest absolute Gasteiger partial charge is 0.330 e. The number of ether oxygens (including phenoxy) is 1. The van der Waals surface area contributed by atoms with E-state index in [9.17, 15) is 4.79 Å². The molecule has 0 saturated heterocycles. The zero-order valence-corrected chi connectivity index (χ0v) is 13.4. The van der Waals surface area contributed by atoms with Crippen molar-refractivity contribution in [2.45, 2.75) is 32.4 Å². The Bertz CT molecular complexity index is 419. The lowest BCUT2D eigenvalue weighted by Crippen LogP contribution is -2.50. The van der Waals surface area contributed by atoms with Crippen molar-refractivity contribution >= 4 is 19.5 Å². The first-order valence-corrected chi connectivity index (χ1v) is 9.49. The molecule has 0 bridgehead atoms. The molecule has 3 nitrogen and oxygen atoms in total. The summed E-state index contributed by atoms with van der Waals surface area (Å²) in [4.78, 5) is 11.0. The number of carbonyl (C=O) groups excluding carboxylic acids is 1. The second-order valence-electron chi connectivity index (χ2n) is 4.62. The predicted octanol–water partition coefficient (Wildman–Crippen LogP) is 3.01. The minimum Gasteiger partial charge on any atom is -0.463 e. The Morgan fingerprint density at radius 2 is 2.00 bits per heavy atom. The molecule has 1 aromatic rings. The van der Waals surface area contributed by atoms with Crippen molar-refractivity contribution in [3.63, 3.8) is 0 Å². The summed E-state index contributed by atoms with van der Waals surface area (Å²) < 4.78 is 11.2. The summed E-state index contributed by atoms with van der Waals surface area (Å²) in [5.74, 6) is -0.357. The average Bonchev–Trinajstić information content (AvgIpc) is 2.51. The molecule has 20 heavy (non-hydrogen) atoms. The van der Waals surface area contributed by atoms with E-state index in [1.165, 1.54) is 11.3 Å². The van der Waals surface area contributed by atoms with Crippen molar-refractivity contribution < 1.29 is 14.0 Å². The van der Waals surface area contributed by atoms with Gasteiger partial charge in [0, 0.05) is 12.7 Å². The Morgan fingerprint density at radius 3 is 2.55 bits per heavy atom. The van der Waals surface area contributed by atoms with Gasteiger partial charge in [-0.3, -0.25) is 0 Å². The Morgan fingerprint density at radius 1 is 1.30 bits per heavy atom. The molecule has 0 spiro atoms. The minimum atomic E-state index is -1.94. The summed E-state index contributed by atoms with van der Waals surface area (Å²) in [6.07, 6.45) is 2.03. The number of rotatable bonds is 9. The lowest BCUT2D eigenvalue weighted by atomic mass is 10.4. The topological polar surface area (TPSA) is 35.5 Å². The van der Waals surface area contributed by atoms with Crippen molar-refractivity contribution in [3.8, 4) is 0 Å². The van der Waals surface area contributed by atoms with Crippen LogP contribution >= 0.6 is 0 Å². The number of esters is 1. The highest BCUT2D eigenvalue weighted by Gasteiger charge is 2.34. The Kier molecular flexibility index (Phi) is 7.26. The van der Waals surface area contributed by atoms with Crippen LogP contribution in [0.2, 0.25) is 12.1 Å². The maximum Gasteiger partial charge on any atom is 0.330 e. The standard InChI is InChI=1S/C16H24O3Si/c1-4-16(17)18-13-10-14-20(6-3,19-5-2)15-11-8-7-9-12-15/h4,7-9,11-12H,1,5-6,10,13-14H2,2-3H3. The first-order chi connectivity index (χ1) is 9.68. The van der Waals surface area contributed by atoms with E-state index in [2.05, 4.69) is 37.8 Å². The Labute approximate surface area is 122 Å². The molecule has 4 heteroatoms. The van der Waals surface area contributed by atoms with E-state index in [0.717, 1.165) is 25.1 Å². The van der Waals surface area contributed by atoms with Gasteiger partial charge in [0.05, 0.1) is 6.61 Å². The fourth-order valence-corrected chi connectivity index (χ4v) is 6.02. The van der Waals surface area contributed by atoms with Gasteiger partial charge in [0.15, 0.2) is 0 Å². The first-order valence-electron chi connectivity index (χ1n) is 7.17. The Hall–Kier alpha value is -1.39. The molecule has 0 fully saturated rings. The quantitative estimate of drug-likeness (QED) is 0.304. The maximum absolute atomic E-state index is 11.0. The van der Waals surface area contributed by atoms with Gasteiger partial charge in [-0.15, -0.1) is 0 Å². The van der Waals surface area contributed by atoms with Crippen molar-refractivity contribution in [1.29, 1.82) is 0 Å². The van der Waals surface area contributed by atoms with E-state index < -0.39 is 8.32 Å². The van der Waals surface area contributed by atoms with Crippen LogP contribution in [0.15, 0.2) is 43.0 Å².